The molecule has 0 aromatic rings. The van der Waals surface area contributed by atoms with Gasteiger partial charge in [-0.15, -0.1) is 0 Å². The molecule has 0 bridgehead atoms. The van der Waals surface area contributed by atoms with Crippen molar-refractivity contribution in [1.29, 1.82) is 0 Å². The molecule has 5 heteroatoms. The lowest BCUT2D eigenvalue weighted by Crippen LogP contribution is -2.68. The van der Waals surface area contributed by atoms with E-state index in [1.165, 1.54) is 4.90 Å². The lowest BCUT2D eigenvalue weighted by molar-refractivity contribution is -0.146. The Labute approximate surface area is 96.2 Å². The lowest BCUT2D eigenvalue weighted by atomic mass is 9.94. The quantitative estimate of drug-likeness (QED) is 0.602. The third-order valence-corrected chi connectivity index (χ3v) is 7.13. The molecule has 2 heterocycles. The van der Waals surface area contributed by atoms with E-state index in [1.807, 2.05) is 6.92 Å². The molecular formula is C11H17NO3S. The molecule has 0 aromatic carbocycles. The van der Waals surface area contributed by atoms with Crippen molar-refractivity contribution < 1.29 is 13.2 Å². The summed E-state index contributed by atoms with van der Waals surface area (Å²) in [5.74, 6) is -0.492. The standard InChI is InChI=1S/C11H17NO3S/c1-6-9(13)12-8(3)7(2)11(4,5)16(14,15)10(6)12/h6,10H,1-5H3. The van der Waals surface area contributed by atoms with E-state index < -0.39 is 25.9 Å². The number of carbonyl (C=O) groups excluding carboxylic acids is 1. The normalized spacial score (nSPS) is 35.8. The van der Waals surface area contributed by atoms with E-state index in [2.05, 4.69) is 0 Å². The van der Waals surface area contributed by atoms with E-state index in [4.69, 9.17) is 0 Å². The fraction of sp³-hybridized carbons (Fsp3) is 0.727. The lowest BCUT2D eigenvalue weighted by Gasteiger charge is -2.53. The van der Waals surface area contributed by atoms with Gasteiger partial charge in [0.2, 0.25) is 5.91 Å². The highest BCUT2D eigenvalue weighted by atomic mass is 32.2. The second kappa shape index (κ2) is 2.88. The van der Waals surface area contributed by atoms with Crippen LogP contribution in [0.1, 0.15) is 34.6 Å². The minimum Gasteiger partial charge on any atom is -0.298 e. The van der Waals surface area contributed by atoms with Crippen LogP contribution in [0.2, 0.25) is 0 Å². The molecule has 0 spiro atoms. The number of allylic oxidation sites excluding steroid dienone is 1. The number of rotatable bonds is 0. The van der Waals surface area contributed by atoms with Crippen molar-refractivity contribution in [2.45, 2.75) is 44.7 Å². The van der Waals surface area contributed by atoms with Crippen LogP contribution in [0.4, 0.5) is 0 Å². The fourth-order valence-electron chi connectivity index (χ4n) is 2.50. The van der Waals surface area contributed by atoms with Gasteiger partial charge in [-0.2, -0.15) is 0 Å². The van der Waals surface area contributed by atoms with Crippen LogP contribution in [0.25, 0.3) is 0 Å². The molecule has 2 unspecified atom stereocenters. The van der Waals surface area contributed by atoms with Crippen LogP contribution in [0.5, 0.6) is 0 Å². The number of carbonyl (C=O) groups is 1. The summed E-state index contributed by atoms with van der Waals surface area (Å²) in [6, 6.07) is 0. The molecule has 2 aliphatic heterocycles. The molecule has 0 N–H and O–H groups in total. The summed E-state index contributed by atoms with van der Waals surface area (Å²) in [5, 5.41) is -0.654. The Kier molecular flexibility index (Phi) is 2.10. The van der Waals surface area contributed by atoms with E-state index in [9.17, 15) is 13.2 Å². The maximum absolute atomic E-state index is 12.4. The first-order chi connectivity index (χ1) is 7.14. The average molecular weight is 243 g/mol. The average Bonchev–Trinajstić information content (AvgIpc) is 2.19. The first-order valence-electron chi connectivity index (χ1n) is 5.38. The van der Waals surface area contributed by atoms with Gasteiger partial charge in [0.05, 0.1) is 10.7 Å². The van der Waals surface area contributed by atoms with Crippen LogP contribution in [0, 0.1) is 5.92 Å². The summed E-state index contributed by atoms with van der Waals surface area (Å²) in [5.41, 5.74) is 1.57. The third kappa shape index (κ3) is 0.998. The van der Waals surface area contributed by atoms with Crippen LogP contribution in [-0.4, -0.2) is 29.3 Å². The van der Waals surface area contributed by atoms with Crippen LogP contribution >= 0.6 is 0 Å². The highest BCUT2D eigenvalue weighted by Gasteiger charge is 2.60. The first-order valence-corrected chi connectivity index (χ1v) is 6.93. The Balaban J connectivity index is 2.69. The fourth-order valence-corrected chi connectivity index (χ4v) is 4.88. The molecule has 2 aliphatic rings. The van der Waals surface area contributed by atoms with Gasteiger partial charge in [0.1, 0.15) is 0 Å². The third-order valence-electron chi connectivity index (χ3n) is 4.15. The van der Waals surface area contributed by atoms with Gasteiger partial charge >= 0.3 is 0 Å². The second-order valence-corrected chi connectivity index (χ2v) is 7.75. The van der Waals surface area contributed by atoms with Crippen LogP contribution in [0.15, 0.2) is 11.3 Å². The minimum atomic E-state index is -3.32. The predicted octanol–water partition coefficient (Wildman–Crippen LogP) is 1.29. The first kappa shape index (κ1) is 11.6. The minimum absolute atomic E-state index is 0.0825. The van der Waals surface area contributed by atoms with Gasteiger partial charge in [-0.05, 0) is 33.3 Å². The Hall–Kier alpha value is -0.840. The summed E-state index contributed by atoms with van der Waals surface area (Å²) >= 11 is 0. The molecule has 1 fully saturated rings. The molecule has 0 aromatic heterocycles. The van der Waals surface area contributed by atoms with E-state index in [-0.39, 0.29) is 5.91 Å². The smallest absolute Gasteiger partial charge is 0.233 e. The van der Waals surface area contributed by atoms with Crippen LogP contribution in [-0.2, 0) is 14.6 Å². The van der Waals surface area contributed by atoms with Crippen molar-refractivity contribution in [3.8, 4) is 0 Å². The molecule has 90 valence electrons. The summed E-state index contributed by atoms with van der Waals surface area (Å²) in [4.78, 5) is 13.1. The SMILES string of the molecule is CC1=C(C)C(C)(C)S(=O)(=O)C2C(C)C(=O)N12. The molecule has 16 heavy (non-hydrogen) atoms. The maximum atomic E-state index is 12.4. The van der Waals surface area contributed by atoms with Gasteiger partial charge in [0.25, 0.3) is 0 Å². The van der Waals surface area contributed by atoms with E-state index >= 15 is 0 Å². The molecule has 0 aliphatic carbocycles. The molecule has 0 saturated carbocycles. The van der Waals surface area contributed by atoms with Crippen molar-refractivity contribution in [2.75, 3.05) is 0 Å². The van der Waals surface area contributed by atoms with Gasteiger partial charge in [-0.3, -0.25) is 9.69 Å². The van der Waals surface area contributed by atoms with E-state index in [1.54, 1.807) is 27.7 Å². The van der Waals surface area contributed by atoms with Gasteiger partial charge in [-0.25, -0.2) is 8.42 Å². The molecule has 0 radical (unpaired) electrons. The van der Waals surface area contributed by atoms with Crippen molar-refractivity contribution in [3.05, 3.63) is 11.3 Å². The monoisotopic (exact) mass is 243 g/mol. The van der Waals surface area contributed by atoms with Crippen LogP contribution < -0.4 is 0 Å². The van der Waals surface area contributed by atoms with Crippen LogP contribution in [0.3, 0.4) is 0 Å². The molecular weight excluding hydrogens is 226 g/mol. The number of sulfone groups is 1. The van der Waals surface area contributed by atoms with Gasteiger partial charge < -0.3 is 0 Å². The highest BCUT2D eigenvalue weighted by molar-refractivity contribution is 7.93. The van der Waals surface area contributed by atoms with E-state index in [0.29, 0.717) is 0 Å². The molecule has 4 nitrogen and oxygen atoms in total. The Morgan fingerprint density at radius 2 is 1.75 bits per heavy atom. The Morgan fingerprint density at radius 1 is 1.25 bits per heavy atom. The summed E-state index contributed by atoms with van der Waals surface area (Å²) in [7, 11) is -3.32. The molecule has 2 atom stereocenters. The number of amides is 1. The molecule has 1 amide bonds. The number of β-lactam (4-membered cyclic amide) rings is 1. The molecule has 1 saturated heterocycles. The zero-order chi connectivity index (χ0) is 12.5. The van der Waals surface area contributed by atoms with Gasteiger partial charge in [-0.1, -0.05) is 6.92 Å². The van der Waals surface area contributed by atoms with Gasteiger partial charge in [0, 0.05) is 5.70 Å². The Bertz CT molecular complexity index is 501. The van der Waals surface area contributed by atoms with Crippen molar-refractivity contribution in [1.82, 2.24) is 4.90 Å². The summed E-state index contributed by atoms with van der Waals surface area (Å²) in [6.45, 7) is 8.73. The number of fused-ring (bicyclic) bond motifs is 1. The maximum Gasteiger partial charge on any atom is 0.233 e. The number of hydrogen-bond acceptors (Lipinski definition) is 3. The van der Waals surface area contributed by atoms with Crippen molar-refractivity contribution in [2.24, 2.45) is 5.92 Å². The largest absolute Gasteiger partial charge is 0.298 e. The topological polar surface area (TPSA) is 54.5 Å². The number of hydrogen-bond donors (Lipinski definition) is 0. The van der Waals surface area contributed by atoms with E-state index in [0.717, 1.165) is 11.3 Å². The van der Waals surface area contributed by atoms with Crippen molar-refractivity contribution in [3.63, 3.8) is 0 Å². The van der Waals surface area contributed by atoms with Gasteiger partial charge in [0.15, 0.2) is 15.2 Å². The zero-order valence-corrected chi connectivity index (χ0v) is 11.1. The highest BCUT2D eigenvalue weighted by Crippen LogP contribution is 2.47. The summed E-state index contributed by atoms with van der Waals surface area (Å²) in [6.07, 6.45) is 0. The number of nitrogens with zero attached hydrogens (tertiary/aromatic N) is 1. The summed E-state index contributed by atoms with van der Waals surface area (Å²) < 4.78 is 23.9. The van der Waals surface area contributed by atoms with Crippen molar-refractivity contribution >= 4 is 15.7 Å². The Morgan fingerprint density at radius 3 is 2.25 bits per heavy atom. The zero-order valence-electron chi connectivity index (χ0n) is 10.2. The second-order valence-electron chi connectivity index (χ2n) is 5.15. The predicted molar refractivity (Wildman–Crippen MR) is 61.2 cm³/mol. The molecule has 2 rings (SSSR count).